The average molecular weight is 694 g/mol. The molecule has 49 heavy (non-hydrogen) atoms. The molecule has 3 aromatic carbocycles. The fourth-order valence-corrected chi connectivity index (χ4v) is 7.49. The fraction of sp³-hybridized carbons (Fsp3) is 0.378. The third kappa shape index (κ3) is 8.31. The van der Waals surface area contributed by atoms with Gasteiger partial charge in [-0.05, 0) is 42.7 Å². The molecule has 0 aliphatic rings. The van der Waals surface area contributed by atoms with Crippen molar-refractivity contribution in [2.45, 2.75) is 37.5 Å². The van der Waals surface area contributed by atoms with Crippen LogP contribution < -0.4 is 38.0 Å². The smallest absolute Gasteiger partial charge is 0.264 e. The molecule has 0 spiro atoms. The number of unbranched alkanes of at least 4 members (excludes halogenated alkanes) is 2. The molecule has 1 aromatic heterocycles. The summed E-state index contributed by atoms with van der Waals surface area (Å²) >= 11 is 0. The number of anilines is 1. The molecule has 0 unspecified atom stereocenters. The van der Waals surface area contributed by atoms with Gasteiger partial charge in [0.1, 0.15) is 0 Å². The number of nitrogens with one attached hydrogen (secondary N) is 1. The fourth-order valence-electron chi connectivity index (χ4n) is 5.78. The Morgan fingerprint density at radius 1 is 0.816 bits per heavy atom. The van der Waals surface area contributed by atoms with E-state index in [1.54, 1.807) is 72.2 Å². The van der Waals surface area contributed by atoms with E-state index in [0.717, 1.165) is 35.8 Å². The monoisotopic (exact) mass is 693 g/mol. The van der Waals surface area contributed by atoms with E-state index >= 15 is 0 Å². The van der Waals surface area contributed by atoms with Crippen LogP contribution in [0, 0.1) is 0 Å². The van der Waals surface area contributed by atoms with Crippen LogP contribution in [0.1, 0.15) is 37.3 Å². The van der Waals surface area contributed by atoms with Gasteiger partial charge < -0.3 is 33.7 Å². The highest BCUT2D eigenvalue weighted by Gasteiger charge is 2.32. The van der Waals surface area contributed by atoms with Gasteiger partial charge in [-0.25, -0.2) is 8.42 Å². The Hall–Kier alpha value is -4.68. The van der Waals surface area contributed by atoms with E-state index in [0.29, 0.717) is 65.1 Å². The van der Waals surface area contributed by atoms with E-state index in [4.69, 9.17) is 28.4 Å². The molecule has 11 nitrogen and oxygen atoms in total. The van der Waals surface area contributed by atoms with Crippen LogP contribution in [0.2, 0.25) is 0 Å². The summed E-state index contributed by atoms with van der Waals surface area (Å²) < 4.78 is 64.7. The lowest BCUT2D eigenvalue weighted by Crippen LogP contribution is -2.38. The molecule has 0 aliphatic heterocycles. The van der Waals surface area contributed by atoms with Crippen molar-refractivity contribution in [1.29, 1.82) is 0 Å². The van der Waals surface area contributed by atoms with Crippen LogP contribution >= 0.6 is 0 Å². The summed E-state index contributed by atoms with van der Waals surface area (Å²) in [5.41, 5.74) is 2.08. The van der Waals surface area contributed by atoms with Gasteiger partial charge in [-0.3, -0.25) is 9.29 Å². The van der Waals surface area contributed by atoms with Crippen LogP contribution in [-0.2, 0) is 16.4 Å². The van der Waals surface area contributed by atoms with Gasteiger partial charge in [0.05, 0.1) is 53.2 Å². The molecule has 0 fully saturated rings. The Bertz CT molecular complexity index is 1820. The van der Waals surface area contributed by atoms with Crippen LogP contribution in [0.4, 0.5) is 5.69 Å². The Balaban J connectivity index is 1.72. The zero-order valence-electron chi connectivity index (χ0n) is 29.4. The van der Waals surface area contributed by atoms with E-state index in [9.17, 15) is 8.42 Å². The van der Waals surface area contributed by atoms with Gasteiger partial charge >= 0.3 is 0 Å². The number of rotatable bonds is 19. The first-order valence-electron chi connectivity index (χ1n) is 16.1. The zero-order chi connectivity index (χ0) is 35.4. The molecular weight excluding hydrogens is 646 g/mol. The molecule has 0 saturated carbocycles. The SMILES string of the molecule is CCCCCc1c(N(CCNCC=Cc2cc(OC)c(OC)c(OC)c2)S(=O)(=O)c2cccc3cnccc23)cc(OC)c(OC)c1OC. The Morgan fingerprint density at radius 3 is 2.12 bits per heavy atom. The van der Waals surface area contributed by atoms with Crippen molar-refractivity contribution in [3.05, 3.63) is 72.1 Å². The average Bonchev–Trinajstić information content (AvgIpc) is 3.13. The minimum absolute atomic E-state index is 0.126. The Labute approximate surface area is 289 Å². The summed E-state index contributed by atoms with van der Waals surface area (Å²) in [6.07, 6.45) is 10.5. The Kier molecular flexibility index (Phi) is 13.4. The molecule has 264 valence electrons. The van der Waals surface area contributed by atoms with Gasteiger partial charge in [0, 0.05) is 54.4 Å². The van der Waals surface area contributed by atoms with Crippen molar-refractivity contribution in [2.24, 2.45) is 0 Å². The van der Waals surface area contributed by atoms with E-state index in [2.05, 4.69) is 17.2 Å². The number of sulfonamides is 1. The molecule has 0 amide bonds. The van der Waals surface area contributed by atoms with E-state index in [1.165, 1.54) is 11.4 Å². The van der Waals surface area contributed by atoms with E-state index in [-0.39, 0.29) is 11.4 Å². The van der Waals surface area contributed by atoms with E-state index < -0.39 is 10.0 Å². The van der Waals surface area contributed by atoms with Crippen molar-refractivity contribution in [1.82, 2.24) is 10.3 Å². The predicted molar refractivity (Wildman–Crippen MR) is 194 cm³/mol. The van der Waals surface area contributed by atoms with Gasteiger partial charge in [-0.2, -0.15) is 0 Å². The summed E-state index contributed by atoms with van der Waals surface area (Å²) in [4.78, 5) is 4.38. The van der Waals surface area contributed by atoms with Gasteiger partial charge in [-0.15, -0.1) is 0 Å². The van der Waals surface area contributed by atoms with Gasteiger partial charge in [0.15, 0.2) is 23.0 Å². The lowest BCUT2D eigenvalue weighted by Gasteiger charge is -2.29. The number of fused-ring (bicyclic) bond motifs is 1. The lowest BCUT2D eigenvalue weighted by atomic mass is 10.0. The van der Waals surface area contributed by atoms with Crippen LogP contribution in [-0.4, -0.2) is 75.7 Å². The number of nitrogens with zero attached hydrogens (tertiary/aromatic N) is 2. The molecule has 1 heterocycles. The summed E-state index contributed by atoms with van der Waals surface area (Å²) in [6.45, 7) is 3.07. The second-order valence-electron chi connectivity index (χ2n) is 11.1. The molecule has 4 rings (SSSR count). The number of hydrogen-bond donors (Lipinski definition) is 1. The predicted octanol–water partition coefficient (Wildman–Crippen LogP) is 6.52. The highest BCUT2D eigenvalue weighted by Crippen LogP contribution is 2.47. The van der Waals surface area contributed by atoms with Gasteiger partial charge in [0.25, 0.3) is 10.0 Å². The minimum atomic E-state index is -4.11. The van der Waals surface area contributed by atoms with Crippen molar-refractivity contribution in [2.75, 3.05) is 66.6 Å². The lowest BCUT2D eigenvalue weighted by molar-refractivity contribution is 0.322. The standard InChI is InChI=1S/C37H47N3O8S/c1-8-9-10-15-29-30(24-33(45-4)37(48-7)35(29)46-5)40(49(41,42)34-16-11-14-27-25-39-19-17-28(27)34)21-20-38-18-12-13-26-22-31(43-2)36(47-6)32(23-26)44-3/h11-14,16-17,19,22-25,38H,8-10,15,18,20-21H2,1-7H3. The number of pyridine rings is 1. The summed E-state index contributed by atoms with van der Waals surface area (Å²) in [6, 6.07) is 12.4. The molecule has 0 bridgehead atoms. The first kappa shape index (κ1) is 37.1. The molecule has 0 radical (unpaired) electrons. The Morgan fingerprint density at radius 2 is 1.49 bits per heavy atom. The van der Waals surface area contributed by atoms with Crippen molar-refractivity contribution in [3.63, 3.8) is 0 Å². The molecule has 0 atom stereocenters. The van der Waals surface area contributed by atoms with Crippen LogP contribution in [0.25, 0.3) is 16.8 Å². The molecule has 0 aliphatic carbocycles. The number of methoxy groups -OCH3 is 6. The third-order valence-corrected chi connectivity index (χ3v) is 10.0. The van der Waals surface area contributed by atoms with Gasteiger partial charge in [0.2, 0.25) is 11.5 Å². The summed E-state index contributed by atoms with van der Waals surface area (Å²) in [5, 5.41) is 4.69. The number of hydrogen-bond acceptors (Lipinski definition) is 10. The largest absolute Gasteiger partial charge is 0.493 e. The van der Waals surface area contributed by atoms with Crippen LogP contribution in [0.5, 0.6) is 34.5 Å². The topological polar surface area (TPSA) is 118 Å². The summed E-state index contributed by atoms with van der Waals surface area (Å²) in [7, 11) is 5.23. The van der Waals surface area contributed by atoms with Crippen molar-refractivity contribution < 1.29 is 36.8 Å². The van der Waals surface area contributed by atoms with E-state index in [1.807, 2.05) is 30.4 Å². The third-order valence-electron chi connectivity index (χ3n) is 8.17. The minimum Gasteiger partial charge on any atom is -0.493 e. The molecular formula is C37H47N3O8S. The van der Waals surface area contributed by atoms with Crippen molar-refractivity contribution >= 4 is 32.6 Å². The maximum atomic E-state index is 14.8. The zero-order valence-corrected chi connectivity index (χ0v) is 30.2. The summed E-state index contributed by atoms with van der Waals surface area (Å²) in [5.74, 6) is 2.88. The van der Waals surface area contributed by atoms with Crippen molar-refractivity contribution in [3.8, 4) is 34.5 Å². The maximum Gasteiger partial charge on any atom is 0.264 e. The number of aromatic nitrogens is 1. The second-order valence-corrected chi connectivity index (χ2v) is 12.9. The molecule has 1 N–H and O–H groups in total. The van der Waals surface area contributed by atoms with Crippen LogP contribution in [0.15, 0.2) is 65.8 Å². The first-order valence-corrected chi connectivity index (χ1v) is 17.6. The molecule has 0 saturated heterocycles. The highest BCUT2D eigenvalue weighted by molar-refractivity contribution is 7.93. The van der Waals surface area contributed by atoms with Crippen LogP contribution in [0.3, 0.4) is 0 Å². The molecule has 12 heteroatoms. The highest BCUT2D eigenvalue weighted by atomic mass is 32.2. The molecule has 4 aromatic rings. The normalized spacial score (nSPS) is 11.5. The number of benzene rings is 3. The number of ether oxygens (including phenoxy) is 6. The van der Waals surface area contributed by atoms with Gasteiger partial charge in [-0.1, -0.05) is 44.1 Å². The maximum absolute atomic E-state index is 14.8. The quantitative estimate of drug-likeness (QED) is 0.109. The second kappa shape index (κ2) is 17.6. The first-order chi connectivity index (χ1) is 23.8.